The average Bonchev–Trinajstić information content (AvgIpc) is 3.03. The number of nitrogens with zero attached hydrogens (tertiary/aromatic N) is 2. The van der Waals surface area contributed by atoms with Crippen molar-refractivity contribution < 1.29 is 8.42 Å². The van der Waals surface area contributed by atoms with Crippen LogP contribution >= 0.6 is 0 Å². The Kier molecular flexibility index (Phi) is 4.07. The van der Waals surface area contributed by atoms with Crippen LogP contribution in [0.2, 0.25) is 0 Å². The standard InChI is InChI=1S/C12H21N3O2S/c1-10(2)18(16,17)6-5-15-8-12(14-9-15)7-13-11-3-4-11/h8-11,13H,3-7H2,1-2H3. The smallest absolute Gasteiger partial charge is 0.154 e. The molecule has 0 spiro atoms. The van der Waals surface area contributed by atoms with Gasteiger partial charge in [0.1, 0.15) is 0 Å². The lowest BCUT2D eigenvalue weighted by molar-refractivity contribution is 0.580. The summed E-state index contributed by atoms with van der Waals surface area (Å²) in [6.07, 6.45) is 6.14. The highest BCUT2D eigenvalue weighted by Crippen LogP contribution is 2.18. The van der Waals surface area contributed by atoms with Gasteiger partial charge in [0.25, 0.3) is 0 Å². The first-order chi connectivity index (χ1) is 8.47. The van der Waals surface area contributed by atoms with Gasteiger partial charge in [-0.05, 0) is 26.7 Å². The third kappa shape index (κ3) is 3.81. The Morgan fingerprint density at radius 1 is 1.50 bits per heavy atom. The van der Waals surface area contributed by atoms with Crippen molar-refractivity contribution in [2.24, 2.45) is 0 Å². The van der Waals surface area contributed by atoms with Crippen LogP contribution in [0.4, 0.5) is 0 Å². The zero-order chi connectivity index (χ0) is 13.2. The maximum atomic E-state index is 11.7. The van der Waals surface area contributed by atoms with Crippen LogP contribution in [0.1, 0.15) is 32.4 Å². The number of sulfone groups is 1. The summed E-state index contributed by atoms with van der Waals surface area (Å²) in [4.78, 5) is 4.27. The molecule has 0 radical (unpaired) electrons. The quantitative estimate of drug-likeness (QED) is 0.802. The Balaban J connectivity index is 1.82. The number of aryl methyl sites for hydroxylation is 1. The minimum atomic E-state index is -2.97. The van der Waals surface area contributed by atoms with Gasteiger partial charge in [0.2, 0.25) is 0 Å². The van der Waals surface area contributed by atoms with E-state index in [1.165, 1.54) is 12.8 Å². The lowest BCUT2D eigenvalue weighted by atomic mass is 10.4. The van der Waals surface area contributed by atoms with Crippen molar-refractivity contribution in [2.75, 3.05) is 5.75 Å². The Morgan fingerprint density at radius 3 is 2.83 bits per heavy atom. The minimum Gasteiger partial charge on any atom is -0.336 e. The largest absolute Gasteiger partial charge is 0.336 e. The highest BCUT2D eigenvalue weighted by Gasteiger charge is 2.20. The van der Waals surface area contributed by atoms with Crippen LogP contribution in [0.5, 0.6) is 0 Å². The van der Waals surface area contributed by atoms with Crippen molar-refractivity contribution in [3.63, 3.8) is 0 Å². The molecule has 6 heteroatoms. The first kappa shape index (κ1) is 13.5. The van der Waals surface area contributed by atoms with E-state index in [-0.39, 0.29) is 11.0 Å². The lowest BCUT2D eigenvalue weighted by Gasteiger charge is -2.07. The van der Waals surface area contributed by atoms with Gasteiger partial charge < -0.3 is 9.88 Å². The van der Waals surface area contributed by atoms with E-state index >= 15 is 0 Å². The third-order valence-corrected chi connectivity index (χ3v) is 5.38. The van der Waals surface area contributed by atoms with E-state index in [0.29, 0.717) is 12.6 Å². The van der Waals surface area contributed by atoms with Gasteiger partial charge in [-0.2, -0.15) is 0 Å². The van der Waals surface area contributed by atoms with Gasteiger partial charge in [-0.25, -0.2) is 13.4 Å². The molecule has 5 nitrogen and oxygen atoms in total. The maximum absolute atomic E-state index is 11.7. The molecule has 1 heterocycles. The fourth-order valence-corrected chi connectivity index (χ4v) is 2.56. The number of imidazole rings is 1. The molecule has 0 aromatic carbocycles. The molecule has 1 aromatic heterocycles. The van der Waals surface area contributed by atoms with Crippen LogP contribution in [0.15, 0.2) is 12.5 Å². The second kappa shape index (κ2) is 5.40. The molecule has 1 saturated carbocycles. The second-order valence-corrected chi connectivity index (χ2v) is 7.85. The van der Waals surface area contributed by atoms with E-state index in [2.05, 4.69) is 10.3 Å². The molecule has 1 N–H and O–H groups in total. The zero-order valence-corrected chi connectivity index (χ0v) is 11.8. The predicted octanol–water partition coefficient (Wildman–Crippen LogP) is 0.958. The summed E-state index contributed by atoms with van der Waals surface area (Å²) in [5, 5.41) is 3.07. The molecule has 0 atom stereocenters. The summed E-state index contributed by atoms with van der Waals surface area (Å²) in [6, 6.07) is 0.663. The van der Waals surface area contributed by atoms with Crippen LogP contribution in [-0.2, 0) is 22.9 Å². The summed E-state index contributed by atoms with van der Waals surface area (Å²) in [6.45, 7) is 4.69. The Labute approximate surface area is 109 Å². The molecule has 1 aliphatic carbocycles. The molecule has 2 rings (SSSR count). The first-order valence-corrected chi connectivity index (χ1v) is 8.14. The van der Waals surface area contributed by atoms with Gasteiger partial charge in [-0.15, -0.1) is 0 Å². The number of hydrogen-bond donors (Lipinski definition) is 1. The average molecular weight is 271 g/mol. The highest BCUT2D eigenvalue weighted by atomic mass is 32.2. The fourth-order valence-electron chi connectivity index (χ4n) is 1.62. The topological polar surface area (TPSA) is 64.0 Å². The highest BCUT2D eigenvalue weighted by molar-refractivity contribution is 7.91. The molecule has 18 heavy (non-hydrogen) atoms. The van der Waals surface area contributed by atoms with E-state index in [9.17, 15) is 8.42 Å². The van der Waals surface area contributed by atoms with E-state index in [1.54, 1.807) is 20.2 Å². The monoisotopic (exact) mass is 271 g/mol. The SMILES string of the molecule is CC(C)S(=O)(=O)CCn1cnc(CNC2CC2)c1. The summed E-state index contributed by atoms with van der Waals surface area (Å²) in [7, 11) is -2.97. The second-order valence-electron chi connectivity index (χ2n) is 5.17. The first-order valence-electron chi connectivity index (χ1n) is 6.43. The normalized spacial score (nSPS) is 16.4. The van der Waals surface area contributed by atoms with E-state index in [0.717, 1.165) is 12.2 Å². The van der Waals surface area contributed by atoms with Gasteiger partial charge in [0, 0.05) is 25.3 Å². The Bertz CT molecular complexity index is 489. The van der Waals surface area contributed by atoms with Gasteiger partial charge in [0.05, 0.1) is 23.0 Å². The number of nitrogens with one attached hydrogen (secondary N) is 1. The van der Waals surface area contributed by atoms with Crippen molar-refractivity contribution in [3.8, 4) is 0 Å². The maximum Gasteiger partial charge on any atom is 0.154 e. The summed E-state index contributed by atoms with van der Waals surface area (Å²) in [5.74, 6) is 0.177. The molecule has 1 aromatic rings. The molecular formula is C12H21N3O2S. The Morgan fingerprint density at radius 2 is 2.22 bits per heavy atom. The molecule has 1 fully saturated rings. The van der Waals surface area contributed by atoms with Crippen molar-refractivity contribution >= 4 is 9.84 Å². The predicted molar refractivity (Wildman–Crippen MR) is 71.0 cm³/mol. The number of aromatic nitrogens is 2. The van der Waals surface area contributed by atoms with Gasteiger partial charge >= 0.3 is 0 Å². The van der Waals surface area contributed by atoms with Crippen molar-refractivity contribution in [2.45, 2.75) is 51.1 Å². The lowest BCUT2D eigenvalue weighted by Crippen LogP contribution is -2.20. The summed E-state index contributed by atoms with van der Waals surface area (Å²) in [5.41, 5.74) is 0.976. The third-order valence-electron chi connectivity index (χ3n) is 3.19. The molecule has 0 amide bonds. The molecular weight excluding hydrogens is 250 g/mol. The van der Waals surface area contributed by atoms with Gasteiger partial charge in [-0.3, -0.25) is 0 Å². The van der Waals surface area contributed by atoms with Crippen LogP contribution in [0.3, 0.4) is 0 Å². The van der Waals surface area contributed by atoms with Gasteiger partial charge in [0.15, 0.2) is 9.84 Å². The molecule has 0 aliphatic heterocycles. The van der Waals surface area contributed by atoms with Crippen LogP contribution < -0.4 is 5.32 Å². The van der Waals surface area contributed by atoms with E-state index < -0.39 is 9.84 Å². The number of hydrogen-bond acceptors (Lipinski definition) is 4. The Hall–Kier alpha value is -0.880. The van der Waals surface area contributed by atoms with Crippen LogP contribution in [-0.4, -0.2) is 35.0 Å². The van der Waals surface area contributed by atoms with Crippen LogP contribution in [0.25, 0.3) is 0 Å². The molecule has 0 unspecified atom stereocenters. The molecule has 1 aliphatic rings. The molecule has 0 saturated heterocycles. The van der Waals surface area contributed by atoms with Crippen molar-refractivity contribution in [1.82, 2.24) is 14.9 Å². The van der Waals surface area contributed by atoms with E-state index in [4.69, 9.17) is 0 Å². The van der Waals surface area contributed by atoms with Crippen molar-refractivity contribution in [1.29, 1.82) is 0 Å². The summed E-state index contributed by atoms with van der Waals surface area (Å²) >= 11 is 0. The zero-order valence-electron chi connectivity index (χ0n) is 11.0. The minimum absolute atomic E-state index is 0.177. The fraction of sp³-hybridized carbons (Fsp3) is 0.750. The summed E-state index contributed by atoms with van der Waals surface area (Å²) < 4.78 is 25.2. The molecule has 102 valence electrons. The van der Waals surface area contributed by atoms with E-state index in [1.807, 2.05) is 10.8 Å². The van der Waals surface area contributed by atoms with Crippen molar-refractivity contribution in [3.05, 3.63) is 18.2 Å². The van der Waals surface area contributed by atoms with Crippen LogP contribution in [0, 0.1) is 0 Å². The van der Waals surface area contributed by atoms with Gasteiger partial charge in [-0.1, -0.05) is 0 Å². The molecule has 0 bridgehead atoms. The number of rotatable bonds is 7.